The first-order valence-corrected chi connectivity index (χ1v) is 8.78. The van der Waals surface area contributed by atoms with E-state index >= 15 is 0 Å². The molecule has 0 saturated heterocycles. The predicted octanol–water partition coefficient (Wildman–Crippen LogP) is 0.261. The number of nitrogen functional groups attached to an aromatic ring is 1. The summed E-state index contributed by atoms with van der Waals surface area (Å²) in [5.41, 5.74) is 4.80. The van der Waals surface area contributed by atoms with Gasteiger partial charge >= 0.3 is 5.69 Å². The molecule has 0 fully saturated rings. The summed E-state index contributed by atoms with van der Waals surface area (Å²) < 4.78 is 6.29. The highest BCUT2D eigenvalue weighted by atomic mass is 32.2. The number of aromatic amines is 1. The Labute approximate surface area is 139 Å². The van der Waals surface area contributed by atoms with Crippen molar-refractivity contribution in [2.75, 3.05) is 42.9 Å². The second kappa shape index (κ2) is 9.41. The molecule has 1 heterocycles. The fraction of sp³-hybridized carbons (Fsp3) is 0.643. The molecule has 8 nitrogen and oxygen atoms in total. The van der Waals surface area contributed by atoms with E-state index in [1.165, 1.54) is 28.3 Å². The lowest BCUT2D eigenvalue weighted by atomic mass is 10.3. The molecule has 9 heteroatoms. The molecule has 1 amide bonds. The Morgan fingerprint density at radius 2 is 2.13 bits per heavy atom. The molecule has 0 radical (unpaired) electrons. The first-order valence-electron chi connectivity index (χ1n) is 7.38. The first kappa shape index (κ1) is 19.3. The van der Waals surface area contributed by atoms with Crippen LogP contribution in [0.3, 0.4) is 0 Å². The molecule has 0 bridgehead atoms. The summed E-state index contributed by atoms with van der Waals surface area (Å²) in [4.78, 5) is 40.1. The number of nitrogens with one attached hydrogen (secondary N) is 1. The highest BCUT2D eigenvalue weighted by Crippen LogP contribution is 2.18. The smallest absolute Gasteiger partial charge is 0.330 e. The van der Waals surface area contributed by atoms with Gasteiger partial charge in [0.25, 0.3) is 5.56 Å². The van der Waals surface area contributed by atoms with Gasteiger partial charge in [-0.1, -0.05) is 6.92 Å². The van der Waals surface area contributed by atoms with Gasteiger partial charge < -0.3 is 15.4 Å². The molecule has 0 spiro atoms. The highest BCUT2D eigenvalue weighted by molar-refractivity contribution is 7.98. The summed E-state index contributed by atoms with van der Waals surface area (Å²) in [5.74, 6) is 0.416. The van der Waals surface area contributed by atoms with Crippen LogP contribution in [0.4, 0.5) is 11.5 Å². The highest BCUT2D eigenvalue weighted by Gasteiger charge is 2.23. The van der Waals surface area contributed by atoms with Gasteiger partial charge in [-0.3, -0.25) is 19.1 Å². The van der Waals surface area contributed by atoms with Crippen LogP contribution in [0.5, 0.6) is 0 Å². The van der Waals surface area contributed by atoms with Gasteiger partial charge in [-0.15, -0.1) is 0 Å². The minimum atomic E-state index is -0.659. The molecular weight excluding hydrogens is 320 g/mol. The number of H-pyrrole nitrogens is 1. The number of nitrogens with zero attached hydrogens (tertiary/aromatic N) is 2. The third-order valence-electron chi connectivity index (χ3n) is 3.27. The summed E-state index contributed by atoms with van der Waals surface area (Å²) in [5, 5.41) is 0. The van der Waals surface area contributed by atoms with Gasteiger partial charge in [0, 0.05) is 32.4 Å². The number of hydrogen-bond acceptors (Lipinski definition) is 6. The minimum Gasteiger partial charge on any atom is -0.383 e. The van der Waals surface area contributed by atoms with E-state index in [1.807, 2.05) is 13.2 Å². The molecule has 1 aromatic rings. The minimum absolute atomic E-state index is 0.00852. The number of hydrogen-bond donors (Lipinski definition) is 2. The SMILES string of the molecule is CCCn1c(N)c(N(CCOC)C(=O)CCSC)c(=O)[nH]c1=O. The molecule has 0 atom stereocenters. The number of rotatable bonds is 9. The van der Waals surface area contributed by atoms with Crippen molar-refractivity contribution in [3.63, 3.8) is 0 Å². The van der Waals surface area contributed by atoms with E-state index in [4.69, 9.17) is 10.5 Å². The van der Waals surface area contributed by atoms with Crippen LogP contribution in [-0.2, 0) is 16.1 Å². The van der Waals surface area contributed by atoms with Crippen LogP contribution in [0.1, 0.15) is 19.8 Å². The molecule has 0 unspecified atom stereocenters. The Morgan fingerprint density at radius 3 is 2.70 bits per heavy atom. The van der Waals surface area contributed by atoms with Crippen molar-refractivity contribution >= 4 is 29.2 Å². The Kier molecular flexibility index (Phi) is 7.90. The van der Waals surface area contributed by atoms with Gasteiger partial charge in [0.05, 0.1) is 6.61 Å². The number of ether oxygens (including phenoxy) is 1. The molecule has 1 aromatic heterocycles. The molecule has 0 saturated carbocycles. The number of carbonyl (C=O) groups is 1. The van der Waals surface area contributed by atoms with Crippen molar-refractivity contribution in [1.29, 1.82) is 0 Å². The average molecular weight is 344 g/mol. The van der Waals surface area contributed by atoms with Gasteiger partial charge in [-0.25, -0.2) is 4.79 Å². The average Bonchev–Trinajstić information content (AvgIpc) is 2.52. The Hall–Kier alpha value is -1.74. The van der Waals surface area contributed by atoms with Crippen molar-refractivity contribution in [2.24, 2.45) is 0 Å². The number of carbonyl (C=O) groups excluding carboxylic acids is 1. The monoisotopic (exact) mass is 344 g/mol. The standard InChI is InChI=1S/C14H24N4O4S/c1-4-6-18-12(15)11(13(20)16-14(18)21)17(7-8-22-2)10(19)5-9-23-3/h4-9,15H2,1-3H3,(H,16,20,21). The third kappa shape index (κ3) is 4.87. The zero-order chi connectivity index (χ0) is 17.4. The van der Waals surface area contributed by atoms with E-state index in [0.29, 0.717) is 18.7 Å². The van der Waals surface area contributed by atoms with E-state index in [9.17, 15) is 14.4 Å². The summed E-state index contributed by atoms with van der Waals surface area (Å²) >= 11 is 1.54. The number of aromatic nitrogens is 2. The van der Waals surface area contributed by atoms with E-state index in [1.54, 1.807) is 0 Å². The van der Waals surface area contributed by atoms with E-state index in [2.05, 4.69) is 4.98 Å². The molecule has 3 N–H and O–H groups in total. The molecule has 0 aliphatic carbocycles. The van der Waals surface area contributed by atoms with Gasteiger partial charge in [-0.05, 0) is 12.7 Å². The molecule has 23 heavy (non-hydrogen) atoms. The summed E-state index contributed by atoms with van der Waals surface area (Å²) in [6.45, 7) is 2.71. The lowest BCUT2D eigenvalue weighted by molar-refractivity contribution is -0.118. The van der Waals surface area contributed by atoms with Crippen LogP contribution in [0.2, 0.25) is 0 Å². The largest absolute Gasteiger partial charge is 0.383 e. The second-order valence-electron chi connectivity index (χ2n) is 4.93. The zero-order valence-corrected chi connectivity index (χ0v) is 14.6. The summed E-state index contributed by atoms with van der Waals surface area (Å²) in [7, 11) is 1.51. The van der Waals surface area contributed by atoms with Gasteiger partial charge in [0.2, 0.25) is 5.91 Å². The van der Waals surface area contributed by atoms with Crippen LogP contribution in [0, 0.1) is 0 Å². The van der Waals surface area contributed by atoms with Crippen molar-refractivity contribution in [1.82, 2.24) is 9.55 Å². The van der Waals surface area contributed by atoms with Gasteiger partial charge in [0.15, 0.2) is 5.69 Å². The van der Waals surface area contributed by atoms with Gasteiger partial charge in [0.1, 0.15) is 5.82 Å². The molecule has 130 valence electrons. The number of nitrogens with two attached hydrogens (primary N) is 1. The normalized spacial score (nSPS) is 10.7. The maximum absolute atomic E-state index is 12.4. The van der Waals surface area contributed by atoms with E-state index in [-0.39, 0.29) is 37.0 Å². The van der Waals surface area contributed by atoms with Crippen LogP contribution < -0.4 is 21.9 Å². The fourth-order valence-corrected chi connectivity index (χ4v) is 2.53. The van der Waals surface area contributed by atoms with Crippen LogP contribution >= 0.6 is 11.8 Å². The Bertz CT molecular complexity index is 641. The van der Waals surface area contributed by atoms with Gasteiger partial charge in [-0.2, -0.15) is 11.8 Å². The maximum atomic E-state index is 12.4. The van der Waals surface area contributed by atoms with Crippen molar-refractivity contribution in [3.05, 3.63) is 20.8 Å². The van der Waals surface area contributed by atoms with E-state index in [0.717, 1.165) is 0 Å². The fourth-order valence-electron chi connectivity index (χ4n) is 2.15. The van der Waals surface area contributed by atoms with Crippen LogP contribution in [0.25, 0.3) is 0 Å². The quantitative estimate of drug-likeness (QED) is 0.665. The number of methoxy groups -OCH3 is 1. The number of amides is 1. The second-order valence-corrected chi connectivity index (χ2v) is 5.91. The first-order chi connectivity index (χ1) is 11.0. The number of anilines is 2. The molecular formula is C14H24N4O4S. The molecule has 0 aliphatic heterocycles. The van der Waals surface area contributed by atoms with Crippen LogP contribution in [-0.4, -0.2) is 47.7 Å². The zero-order valence-electron chi connectivity index (χ0n) is 13.8. The molecule has 0 aromatic carbocycles. The third-order valence-corrected chi connectivity index (χ3v) is 3.88. The Morgan fingerprint density at radius 1 is 1.43 bits per heavy atom. The van der Waals surface area contributed by atoms with Crippen LogP contribution in [0.15, 0.2) is 9.59 Å². The number of thioether (sulfide) groups is 1. The summed E-state index contributed by atoms with van der Waals surface area (Å²) in [6.07, 6.45) is 2.85. The predicted molar refractivity (Wildman–Crippen MR) is 93.3 cm³/mol. The maximum Gasteiger partial charge on any atom is 0.330 e. The summed E-state index contributed by atoms with van der Waals surface area (Å²) in [6, 6.07) is 0. The van der Waals surface area contributed by atoms with Crippen molar-refractivity contribution < 1.29 is 9.53 Å². The Balaban J connectivity index is 3.34. The molecule has 1 rings (SSSR count). The van der Waals surface area contributed by atoms with Crippen molar-refractivity contribution in [2.45, 2.75) is 26.3 Å². The lowest BCUT2D eigenvalue weighted by Crippen LogP contribution is -2.42. The van der Waals surface area contributed by atoms with E-state index < -0.39 is 11.2 Å². The molecule has 0 aliphatic rings. The topological polar surface area (TPSA) is 110 Å². The lowest BCUT2D eigenvalue weighted by Gasteiger charge is -2.24. The van der Waals surface area contributed by atoms with Crippen molar-refractivity contribution in [3.8, 4) is 0 Å².